The molecule has 1 aliphatic rings. The topological polar surface area (TPSA) is 91.3 Å². The molecule has 41 heavy (non-hydrogen) atoms. The number of anilines is 2. The molecule has 1 N–H and O–H groups in total. The molecule has 8 nitrogen and oxygen atoms in total. The lowest BCUT2D eigenvalue weighted by Crippen LogP contribution is -2.49. The highest BCUT2D eigenvalue weighted by Gasteiger charge is 2.24. The second kappa shape index (κ2) is 11.4. The zero-order valence-corrected chi connectivity index (χ0v) is 23.2. The summed E-state index contributed by atoms with van der Waals surface area (Å²) in [6, 6.07) is 21.3. The average molecular weight is 567 g/mol. The summed E-state index contributed by atoms with van der Waals surface area (Å²) in [6.07, 6.45) is 2.16. The van der Waals surface area contributed by atoms with Crippen molar-refractivity contribution in [3.63, 3.8) is 0 Å². The smallest absolute Gasteiger partial charge is 0.258 e. The summed E-state index contributed by atoms with van der Waals surface area (Å²) in [5, 5.41) is 2.95. The largest absolute Gasteiger partial charge is 0.366 e. The molecule has 0 radical (unpaired) electrons. The summed E-state index contributed by atoms with van der Waals surface area (Å²) in [7, 11) is 0. The summed E-state index contributed by atoms with van der Waals surface area (Å²) >= 11 is 1.27. The molecule has 0 aliphatic carbocycles. The fourth-order valence-electron chi connectivity index (χ4n) is 5.04. The molecule has 10 heteroatoms. The van der Waals surface area contributed by atoms with Gasteiger partial charge in [-0.15, -0.1) is 0 Å². The molecular formula is C31H27FN6O2S. The van der Waals surface area contributed by atoms with Gasteiger partial charge in [0.05, 0.1) is 33.7 Å². The van der Waals surface area contributed by atoms with Crippen molar-refractivity contribution in [2.45, 2.75) is 13.3 Å². The van der Waals surface area contributed by atoms with E-state index in [9.17, 15) is 14.0 Å². The van der Waals surface area contributed by atoms with Crippen LogP contribution in [0.2, 0.25) is 0 Å². The van der Waals surface area contributed by atoms with Crippen LogP contribution in [0.25, 0.3) is 11.0 Å². The molecule has 1 aliphatic heterocycles. The Hall–Kier alpha value is -4.70. The van der Waals surface area contributed by atoms with Crippen molar-refractivity contribution in [1.82, 2.24) is 19.2 Å². The van der Waals surface area contributed by atoms with Crippen molar-refractivity contribution >= 4 is 45.8 Å². The number of rotatable bonds is 6. The molecule has 6 rings (SSSR count). The van der Waals surface area contributed by atoms with Crippen LogP contribution in [0.3, 0.4) is 0 Å². The predicted molar refractivity (Wildman–Crippen MR) is 158 cm³/mol. The van der Waals surface area contributed by atoms with Crippen LogP contribution in [-0.2, 0) is 6.42 Å². The van der Waals surface area contributed by atoms with Crippen LogP contribution in [0.1, 0.15) is 37.0 Å². The van der Waals surface area contributed by atoms with Gasteiger partial charge >= 0.3 is 0 Å². The number of benzene rings is 3. The van der Waals surface area contributed by atoms with Crippen molar-refractivity contribution in [3.05, 3.63) is 112 Å². The number of piperazine rings is 1. The van der Waals surface area contributed by atoms with E-state index >= 15 is 0 Å². The van der Waals surface area contributed by atoms with E-state index in [1.165, 1.54) is 17.6 Å². The molecule has 0 unspecified atom stereocenters. The minimum atomic E-state index is -0.289. The molecule has 206 valence electrons. The number of carbonyl (C=O) groups is 2. The first kappa shape index (κ1) is 26.5. The van der Waals surface area contributed by atoms with Crippen molar-refractivity contribution in [2.24, 2.45) is 0 Å². The molecule has 3 heterocycles. The van der Waals surface area contributed by atoms with Gasteiger partial charge < -0.3 is 15.1 Å². The predicted octanol–water partition coefficient (Wildman–Crippen LogP) is 5.34. The number of halogens is 1. The number of amides is 2. The van der Waals surface area contributed by atoms with E-state index in [4.69, 9.17) is 0 Å². The Morgan fingerprint density at radius 2 is 1.71 bits per heavy atom. The summed E-state index contributed by atoms with van der Waals surface area (Å²) in [6.45, 7) is 3.84. The Labute approximate surface area is 240 Å². The molecule has 3 aromatic carbocycles. The van der Waals surface area contributed by atoms with Crippen LogP contribution in [0.15, 0.2) is 79.0 Å². The number of fused-ring (bicyclic) bond motifs is 1. The third kappa shape index (κ3) is 5.64. The lowest BCUT2D eigenvalue weighted by molar-refractivity contribution is 0.0746. The van der Waals surface area contributed by atoms with Gasteiger partial charge in [0.1, 0.15) is 5.82 Å². The molecule has 0 spiro atoms. The molecule has 0 bridgehead atoms. The number of hydrogen-bond donors (Lipinski definition) is 1. The Bertz CT molecular complexity index is 1750. The minimum absolute atomic E-state index is 0.127. The quantitative estimate of drug-likeness (QED) is 0.298. The zero-order chi connectivity index (χ0) is 28.3. The fourth-order valence-corrected chi connectivity index (χ4v) is 5.92. The van der Waals surface area contributed by atoms with Gasteiger partial charge in [0.2, 0.25) is 0 Å². The first-order valence-electron chi connectivity index (χ1n) is 13.3. The molecule has 1 saturated heterocycles. The number of carbonyl (C=O) groups excluding carboxylic acids is 2. The van der Waals surface area contributed by atoms with Crippen LogP contribution >= 0.6 is 11.5 Å². The Balaban J connectivity index is 1.13. The Kier molecular flexibility index (Phi) is 7.39. The highest BCUT2D eigenvalue weighted by atomic mass is 32.1. The number of hydrogen-bond acceptors (Lipinski definition) is 7. The van der Waals surface area contributed by atoms with Gasteiger partial charge in [0.25, 0.3) is 11.8 Å². The maximum absolute atomic E-state index is 14.2. The maximum atomic E-state index is 14.2. The van der Waals surface area contributed by atoms with Gasteiger partial charge in [0, 0.05) is 54.9 Å². The Morgan fingerprint density at radius 1 is 0.951 bits per heavy atom. The van der Waals surface area contributed by atoms with Gasteiger partial charge in [0.15, 0.2) is 0 Å². The number of nitrogens with zero attached hydrogens (tertiary/aromatic N) is 5. The van der Waals surface area contributed by atoms with Crippen molar-refractivity contribution in [1.29, 1.82) is 0 Å². The van der Waals surface area contributed by atoms with Gasteiger partial charge in [-0.3, -0.25) is 14.6 Å². The van der Waals surface area contributed by atoms with Crippen molar-refractivity contribution in [3.8, 4) is 0 Å². The van der Waals surface area contributed by atoms with Gasteiger partial charge in [-0.1, -0.05) is 30.3 Å². The van der Waals surface area contributed by atoms with E-state index < -0.39 is 0 Å². The van der Waals surface area contributed by atoms with Crippen LogP contribution in [0.5, 0.6) is 0 Å². The third-order valence-electron chi connectivity index (χ3n) is 7.13. The van der Waals surface area contributed by atoms with Crippen LogP contribution in [0.4, 0.5) is 15.8 Å². The van der Waals surface area contributed by atoms with E-state index in [0.29, 0.717) is 60.8 Å². The highest BCUT2D eigenvalue weighted by Crippen LogP contribution is 2.25. The lowest BCUT2D eigenvalue weighted by Gasteiger charge is -2.36. The third-order valence-corrected chi connectivity index (χ3v) is 8.06. The SMILES string of the molecule is Cc1nsc(Cc2cnc3ccccc3n2)c1C(=O)Nc1cccc(C(=O)N2CCN(c3ccccc3F)CC2)c1. The molecule has 0 atom stereocenters. The normalized spacial score (nSPS) is 13.4. The van der Waals surface area contributed by atoms with Crippen molar-refractivity contribution < 1.29 is 14.0 Å². The Morgan fingerprint density at radius 3 is 2.51 bits per heavy atom. The zero-order valence-electron chi connectivity index (χ0n) is 22.4. The summed E-state index contributed by atoms with van der Waals surface area (Å²) < 4.78 is 18.6. The van der Waals surface area contributed by atoms with E-state index in [1.54, 1.807) is 47.5 Å². The average Bonchev–Trinajstić information content (AvgIpc) is 3.36. The first-order chi connectivity index (χ1) is 20.0. The molecule has 0 saturated carbocycles. The summed E-state index contributed by atoms with van der Waals surface area (Å²) in [4.78, 5) is 40.3. The van der Waals surface area contributed by atoms with Crippen LogP contribution < -0.4 is 10.2 Å². The van der Waals surface area contributed by atoms with Crippen LogP contribution in [-0.4, -0.2) is 57.2 Å². The number of para-hydroxylation sites is 3. The lowest BCUT2D eigenvalue weighted by atomic mass is 10.1. The highest BCUT2D eigenvalue weighted by molar-refractivity contribution is 7.06. The molecular weight excluding hydrogens is 539 g/mol. The second-order valence-electron chi connectivity index (χ2n) is 9.86. The fraction of sp³-hybridized carbons (Fsp3) is 0.194. The first-order valence-corrected chi connectivity index (χ1v) is 14.1. The standard InChI is InChI=1S/C31H27FN6O2S/c1-20-29(28(41-36-20)18-23-19-33-25-10-3-4-11-26(25)34-23)30(39)35-22-8-6-7-21(17-22)31(40)38-15-13-37(14-16-38)27-12-5-2-9-24(27)32/h2-12,17,19H,13-16,18H2,1H3,(H,35,39). The molecule has 2 amide bonds. The van der Waals surface area contributed by atoms with E-state index in [0.717, 1.165) is 21.6 Å². The number of nitrogens with one attached hydrogen (secondary N) is 1. The van der Waals surface area contributed by atoms with Crippen molar-refractivity contribution in [2.75, 3.05) is 36.4 Å². The van der Waals surface area contributed by atoms with E-state index in [1.807, 2.05) is 42.2 Å². The minimum Gasteiger partial charge on any atom is -0.366 e. The number of aromatic nitrogens is 3. The maximum Gasteiger partial charge on any atom is 0.258 e. The molecule has 5 aromatic rings. The van der Waals surface area contributed by atoms with Gasteiger partial charge in [-0.2, -0.15) is 4.37 Å². The molecule has 1 fully saturated rings. The molecule has 2 aromatic heterocycles. The van der Waals surface area contributed by atoms with Gasteiger partial charge in [-0.05, 0) is 60.9 Å². The monoisotopic (exact) mass is 566 g/mol. The van der Waals surface area contributed by atoms with E-state index in [2.05, 4.69) is 19.7 Å². The second-order valence-corrected chi connectivity index (χ2v) is 10.7. The summed E-state index contributed by atoms with van der Waals surface area (Å²) in [5.41, 5.74) is 5.06. The summed E-state index contributed by atoms with van der Waals surface area (Å²) in [5.74, 6) is -0.679. The van der Waals surface area contributed by atoms with Gasteiger partial charge in [-0.25, -0.2) is 9.37 Å². The van der Waals surface area contributed by atoms with E-state index in [-0.39, 0.29) is 17.6 Å². The number of aryl methyl sites for hydroxylation is 1. The van der Waals surface area contributed by atoms with Crippen LogP contribution in [0, 0.1) is 12.7 Å².